The molecule has 0 radical (unpaired) electrons. The molecule has 27 heavy (non-hydrogen) atoms. The summed E-state index contributed by atoms with van der Waals surface area (Å²) in [6.07, 6.45) is 1.54. The van der Waals surface area contributed by atoms with E-state index < -0.39 is 10.8 Å². The molecular weight excluding hydrogens is 350 g/mol. The molecule has 0 atom stereocenters. The van der Waals surface area contributed by atoms with Crippen molar-refractivity contribution in [2.45, 2.75) is 0 Å². The first-order valence-electron chi connectivity index (χ1n) is 7.90. The van der Waals surface area contributed by atoms with Gasteiger partial charge < -0.3 is 9.73 Å². The van der Waals surface area contributed by atoms with Crippen molar-refractivity contribution in [1.29, 1.82) is 0 Å². The largest absolute Gasteiger partial charge is 0.437 e. The fourth-order valence-electron chi connectivity index (χ4n) is 2.71. The van der Waals surface area contributed by atoms with E-state index in [1.165, 1.54) is 36.5 Å². The number of fused-ring (bicyclic) bond motifs is 2. The predicted octanol–water partition coefficient (Wildman–Crippen LogP) is 3.50. The number of nitro benzene ring substituents is 1. The van der Waals surface area contributed by atoms with Gasteiger partial charge in [-0.3, -0.25) is 19.7 Å². The number of nitrogens with zero attached hydrogens (tertiary/aromatic N) is 2. The molecule has 1 N–H and O–H groups in total. The monoisotopic (exact) mass is 361 g/mol. The molecule has 0 spiro atoms. The quantitative estimate of drug-likeness (QED) is 0.339. The van der Waals surface area contributed by atoms with Crippen LogP contribution in [-0.4, -0.2) is 15.8 Å². The molecule has 132 valence electrons. The van der Waals surface area contributed by atoms with Crippen molar-refractivity contribution in [1.82, 2.24) is 4.98 Å². The molecule has 2 aromatic heterocycles. The predicted molar refractivity (Wildman–Crippen MR) is 98.8 cm³/mol. The number of hydrogen-bond donors (Lipinski definition) is 1. The number of amides is 1. The van der Waals surface area contributed by atoms with E-state index in [1.807, 2.05) is 0 Å². The second-order valence-corrected chi connectivity index (χ2v) is 5.76. The molecule has 0 aliphatic heterocycles. The van der Waals surface area contributed by atoms with Crippen LogP contribution in [0.5, 0.6) is 0 Å². The third-order valence-electron chi connectivity index (χ3n) is 4.04. The molecule has 0 fully saturated rings. The van der Waals surface area contributed by atoms with Gasteiger partial charge in [-0.25, -0.2) is 4.98 Å². The minimum atomic E-state index is -0.538. The zero-order valence-electron chi connectivity index (χ0n) is 13.7. The van der Waals surface area contributed by atoms with Crippen molar-refractivity contribution in [2.75, 3.05) is 5.32 Å². The number of carbonyl (C=O) groups is 1. The van der Waals surface area contributed by atoms with Crippen LogP contribution in [-0.2, 0) is 0 Å². The van der Waals surface area contributed by atoms with Gasteiger partial charge in [-0.1, -0.05) is 0 Å². The maximum absolute atomic E-state index is 12.6. The van der Waals surface area contributed by atoms with Crippen LogP contribution in [0.4, 0.5) is 11.4 Å². The lowest BCUT2D eigenvalue weighted by molar-refractivity contribution is -0.384. The molecule has 0 aliphatic rings. The van der Waals surface area contributed by atoms with Gasteiger partial charge in [-0.05, 0) is 42.5 Å². The Bertz CT molecular complexity index is 1260. The second kappa shape index (κ2) is 6.34. The molecule has 0 unspecified atom stereocenters. The number of benzene rings is 2. The van der Waals surface area contributed by atoms with Crippen LogP contribution in [0.3, 0.4) is 0 Å². The highest BCUT2D eigenvalue weighted by atomic mass is 16.6. The maximum atomic E-state index is 12.6. The summed E-state index contributed by atoms with van der Waals surface area (Å²) in [7, 11) is 0. The van der Waals surface area contributed by atoms with E-state index in [4.69, 9.17) is 4.42 Å². The summed E-state index contributed by atoms with van der Waals surface area (Å²) < 4.78 is 5.62. The zero-order chi connectivity index (χ0) is 19.0. The summed E-state index contributed by atoms with van der Waals surface area (Å²) in [6.45, 7) is 0. The van der Waals surface area contributed by atoms with Crippen LogP contribution in [0.1, 0.15) is 10.4 Å². The first kappa shape index (κ1) is 16.4. The Balaban J connectivity index is 1.68. The van der Waals surface area contributed by atoms with E-state index >= 15 is 0 Å². The average Bonchev–Trinajstić information content (AvgIpc) is 2.69. The van der Waals surface area contributed by atoms with Crippen LogP contribution in [0.25, 0.3) is 22.1 Å². The highest BCUT2D eigenvalue weighted by Gasteiger charge is 2.12. The van der Waals surface area contributed by atoms with Crippen molar-refractivity contribution in [3.8, 4) is 0 Å². The molecule has 0 saturated carbocycles. The lowest BCUT2D eigenvalue weighted by Gasteiger charge is -2.07. The number of nitro groups is 1. The zero-order valence-corrected chi connectivity index (χ0v) is 13.7. The number of non-ortho nitro benzene ring substituents is 1. The van der Waals surface area contributed by atoms with Crippen molar-refractivity contribution < 1.29 is 14.1 Å². The summed E-state index contributed by atoms with van der Waals surface area (Å²) in [5.74, 6) is -0.448. The Kier molecular flexibility index (Phi) is 3.85. The van der Waals surface area contributed by atoms with Crippen molar-refractivity contribution >= 4 is 39.4 Å². The van der Waals surface area contributed by atoms with Gasteiger partial charge in [0.05, 0.1) is 15.7 Å². The molecule has 2 aromatic carbocycles. The van der Waals surface area contributed by atoms with Crippen molar-refractivity contribution in [3.05, 3.63) is 86.7 Å². The number of nitrogens with one attached hydrogen (secondary N) is 1. The number of anilines is 1. The number of pyridine rings is 1. The standard InChI is InChI=1S/C19H11N3O5/c23-17-14-2-1-9-20-19(14)27-16-8-5-12(10-15(16)17)21-18(24)11-3-6-13(7-4-11)22(25)26/h1-10H,(H,21,24). The maximum Gasteiger partial charge on any atom is 0.269 e. The van der Waals surface area contributed by atoms with Crippen molar-refractivity contribution in [2.24, 2.45) is 0 Å². The first-order chi connectivity index (χ1) is 13.0. The minimum absolute atomic E-state index is 0.102. The number of aromatic nitrogens is 1. The topological polar surface area (TPSA) is 115 Å². The molecule has 4 aromatic rings. The molecule has 4 rings (SSSR count). The smallest absolute Gasteiger partial charge is 0.269 e. The van der Waals surface area contributed by atoms with Crippen LogP contribution in [0.2, 0.25) is 0 Å². The third kappa shape index (κ3) is 2.99. The lowest BCUT2D eigenvalue weighted by Crippen LogP contribution is -2.12. The van der Waals surface area contributed by atoms with E-state index in [1.54, 1.807) is 24.3 Å². The molecular formula is C19H11N3O5. The van der Waals surface area contributed by atoms with Gasteiger partial charge in [0, 0.05) is 29.6 Å². The fraction of sp³-hybridized carbons (Fsp3) is 0. The fourth-order valence-corrected chi connectivity index (χ4v) is 2.71. The normalized spacial score (nSPS) is 10.8. The molecule has 1 amide bonds. The Hall–Kier alpha value is -4.07. The van der Waals surface area contributed by atoms with Crippen LogP contribution in [0, 0.1) is 10.1 Å². The van der Waals surface area contributed by atoms with Gasteiger partial charge in [0.1, 0.15) is 5.58 Å². The van der Waals surface area contributed by atoms with E-state index in [-0.39, 0.29) is 22.4 Å². The van der Waals surface area contributed by atoms with Gasteiger partial charge in [0.25, 0.3) is 11.6 Å². The lowest BCUT2D eigenvalue weighted by atomic mass is 10.1. The van der Waals surface area contributed by atoms with E-state index in [9.17, 15) is 19.7 Å². The highest BCUT2D eigenvalue weighted by molar-refractivity contribution is 6.05. The first-order valence-corrected chi connectivity index (χ1v) is 7.90. The van der Waals surface area contributed by atoms with Crippen LogP contribution in [0.15, 0.2) is 70.0 Å². The minimum Gasteiger partial charge on any atom is -0.437 e. The van der Waals surface area contributed by atoms with Crippen LogP contribution >= 0.6 is 0 Å². The highest BCUT2D eigenvalue weighted by Crippen LogP contribution is 2.21. The SMILES string of the molecule is O=C(Nc1ccc2oc3ncccc3c(=O)c2c1)c1ccc([N+](=O)[O-])cc1. The third-order valence-corrected chi connectivity index (χ3v) is 4.04. The van der Waals surface area contributed by atoms with Gasteiger partial charge in [0.15, 0.2) is 0 Å². The Labute approximate surface area is 151 Å². The summed E-state index contributed by atoms with van der Waals surface area (Å²) >= 11 is 0. The molecule has 0 bridgehead atoms. The average molecular weight is 361 g/mol. The van der Waals surface area contributed by atoms with E-state index in [0.29, 0.717) is 22.0 Å². The van der Waals surface area contributed by atoms with Gasteiger partial charge in [-0.15, -0.1) is 0 Å². The van der Waals surface area contributed by atoms with Crippen LogP contribution < -0.4 is 10.7 Å². The number of carbonyl (C=O) groups excluding carboxylic acids is 1. The van der Waals surface area contributed by atoms with Gasteiger partial charge >= 0.3 is 0 Å². The summed E-state index contributed by atoms with van der Waals surface area (Å²) in [4.78, 5) is 39.1. The molecule has 8 nitrogen and oxygen atoms in total. The van der Waals surface area contributed by atoms with E-state index in [0.717, 1.165) is 0 Å². The molecule has 8 heteroatoms. The number of rotatable bonds is 3. The van der Waals surface area contributed by atoms with Crippen molar-refractivity contribution in [3.63, 3.8) is 0 Å². The molecule has 0 aliphatic carbocycles. The molecule has 2 heterocycles. The van der Waals surface area contributed by atoms with Gasteiger partial charge in [0.2, 0.25) is 11.1 Å². The number of hydrogen-bond acceptors (Lipinski definition) is 6. The Morgan fingerprint density at radius 3 is 2.59 bits per heavy atom. The summed E-state index contributed by atoms with van der Waals surface area (Å²) in [5.41, 5.74) is 0.926. The molecule has 0 saturated heterocycles. The Morgan fingerprint density at radius 2 is 1.85 bits per heavy atom. The second-order valence-electron chi connectivity index (χ2n) is 5.76. The van der Waals surface area contributed by atoms with E-state index in [2.05, 4.69) is 10.3 Å². The summed E-state index contributed by atoms with van der Waals surface area (Å²) in [6, 6.07) is 13.2. The van der Waals surface area contributed by atoms with Gasteiger partial charge in [-0.2, -0.15) is 0 Å². The summed E-state index contributed by atoms with van der Waals surface area (Å²) in [5, 5.41) is 14.0. The Morgan fingerprint density at radius 1 is 1.07 bits per heavy atom.